The zero-order valence-corrected chi connectivity index (χ0v) is 21.6. The largest absolute Gasteiger partial charge is 0.493 e. The monoisotopic (exact) mass is 522 g/mol. The molecule has 0 saturated carbocycles. The Kier molecular flexibility index (Phi) is 9.69. The molecular weight excluding hydrogens is 496 g/mol. The number of thioether (sulfide) groups is 1. The normalized spacial score (nSPS) is 11.1. The Morgan fingerprint density at radius 3 is 2.43 bits per heavy atom. The van der Waals surface area contributed by atoms with E-state index in [1.54, 1.807) is 42.6 Å². The molecule has 0 saturated heterocycles. The number of hydrogen-bond acceptors (Lipinski definition) is 10. The number of ether oxygens (including phenoxy) is 4. The Bertz CT molecular complexity index is 1290. The second-order valence-electron chi connectivity index (χ2n) is 7.63. The third kappa shape index (κ3) is 7.35. The molecular formula is C26H26N4O6S. The molecule has 1 amide bonds. The van der Waals surface area contributed by atoms with Gasteiger partial charge in [0.25, 0.3) is 5.91 Å². The SMILES string of the molecule is COc1cc(CNC(=O)C(OC(=O)CSc2nccc(C)n2)c2cccc(C#N)c2)cc(OC)c1OC. The summed E-state index contributed by atoms with van der Waals surface area (Å²) in [6, 6.07) is 13.5. The van der Waals surface area contributed by atoms with Gasteiger partial charge in [0.15, 0.2) is 16.7 Å². The molecule has 2 aromatic carbocycles. The smallest absolute Gasteiger partial charge is 0.317 e. The average molecular weight is 523 g/mol. The summed E-state index contributed by atoms with van der Waals surface area (Å²) < 4.78 is 21.6. The van der Waals surface area contributed by atoms with Gasteiger partial charge in [-0.25, -0.2) is 9.97 Å². The Balaban J connectivity index is 1.77. The third-order valence-electron chi connectivity index (χ3n) is 5.09. The molecule has 0 spiro atoms. The predicted octanol–water partition coefficient (Wildman–Crippen LogP) is 3.38. The Morgan fingerprint density at radius 2 is 1.81 bits per heavy atom. The van der Waals surface area contributed by atoms with E-state index in [1.807, 2.05) is 13.0 Å². The number of rotatable bonds is 11. The fraction of sp³-hybridized carbons (Fsp3) is 0.269. The van der Waals surface area contributed by atoms with Crippen LogP contribution in [-0.2, 0) is 20.9 Å². The van der Waals surface area contributed by atoms with Crippen molar-refractivity contribution in [1.29, 1.82) is 5.26 Å². The maximum Gasteiger partial charge on any atom is 0.317 e. The highest BCUT2D eigenvalue weighted by Crippen LogP contribution is 2.38. The van der Waals surface area contributed by atoms with Crippen molar-refractivity contribution in [2.24, 2.45) is 0 Å². The highest BCUT2D eigenvalue weighted by atomic mass is 32.2. The lowest BCUT2D eigenvalue weighted by molar-refractivity contribution is -0.154. The van der Waals surface area contributed by atoms with Crippen LogP contribution < -0.4 is 19.5 Å². The molecule has 3 aromatic rings. The summed E-state index contributed by atoms with van der Waals surface area (Å²) in [5, 5.41) is 12.5. The number of hydrogen-bond donors (Lipinski definition) is 1. The molecule has 0 aliphatic rings. The molecule has 1 aromatic heterocycles. The van der Waals surface area contributed by atoms with Crippen LogP contribution in [0.2, 0.25) is 0 Å². The van der Waals surface area contributed by atoms with Crippen molar-refractivity contribution in [1.82, 2.24) is 15.3 Å². The maximum atomic E-state index is 13.2. The van der Waals surface area contributed by atoms with Gasteiger partial charge in [-0.1, -0.05) is 23.9 Å². The fourth-order valence-corrected chi connectivity index (χ4v) is 4.01. The number of aryl methyl sites for hydroxylation is 1. The molecule has 1 unspecified atom stereocenters. The zero-order chi connectivity index (χ0) is 26.8. The maximum absolute atomic E-state index is 13.2. The number of carbonyl (C=O) groups is 2. The second-order valence-corrected chi connectivity index (χ2v) is 8.57. The number of nitrogens with zero attached hydrogens (tertiary/aromatic N) is 3. The van der Waals surface area contributed by atoms with Crippen LogP contribution in [0.25, 0.3) is 0 Å². The van der Waals surface area contributed by atoms with Crippen molar-refractivity contribution in [3.05, 3.63) is 71.0 Å². The van der Waals surface area contributed by atoms with Gasteiger partial charge in [-0.3, -0.25) is 9.59 Å². The molecule has 1 atom stereocenters. The lowest BCUT2D eigenvalue weighted by Gasteiger charge is -2.19. The van der Waals surface area contributed by atoms with Gasteiger partial charge in [-0.05, 0) is 42.8 Å². The van der Waals surface area contributed by atoms with E-state index in [1.165, 1.54) is 27.4 Å². The van der Waals surface area contributed by atoms with Crippen LogP contribution in [-0.4, -0.2) is 48.9 Å². The Morgan fingerprint density at radius 1 is 1.08 bits per heavy atom. The summed E-state index contributed by atoms with van der Waals surface area (Å²) >= 11 is 1.10. The summed E-state index contributed by atoms with van der Waals surface area (Å²) in [5.41, 5.74) is 2.14. The minimum atomic E-state index is -1.28. The van der Waals surface area contributed by atoms with Crippen molar-refractivity contribution in [3.8, 4) is 23.3 Å². The summed E-state index contributed by atoms with van der Waals surface area (Å²) in [6.45, 7) is 1.91. The first-order chi connectivity index (χ1) is 17.9. The van der Waals surface area contributed by atoms with Gasteiger partial charge in [-0.2, -0.15) is 5.26 Å². The van der Waals surface area contributed by atoms with E-state index in [9.17, 15) is 14.9 Å². The van der Waals surface area contributed by atoms with Gasteiger partial charge in [0, 0.05) is 24.0 Å². The topological polar surface area (TPSA) is 133 Å². The lowest BCUT2D eigenvalue weighted by atomic mass is 10.1. The Labute approximate surface area is 218 Å². The van der Waals surface area contributed by atoms with E-state index >= 15 is 0 Å². The van der Waals surface area contributed by atoms with Gasteiger partial charge in [-0.15, -0.1) is 0 Å². The molecule has 192 valence electrons. The van der Waals surface area contributed by atoms with Gasteiger partial charge in [0.05, 0.1) is 38.7 Å². The molecule has 37 heavy (non-hydrogen) atoms. The molecule has 0 aliphatic carbocycles. The first kappa shape index (κ1) is 27.3. The standard InChI is InChI=1S/C26H26N4O6S/c1-16-8-9-28-26(30-16)37-15-22(31)36-23(19-7-5-6-17(10-19)13-27)25(32)29-14-18-11-20(33-2)24(35-4)21(12-18)34-3/h5-12,23H,14-15H2,1-4H3,(H,29,32). The average Bonchev–Trinajstić information content (AvgIpc) is 2.92. The van der Waals surface area contributed by atoms with Crippen molar-refractivity contribution in [2.75, 3.05) is 27.1 Å². The molecule has 0 aliphatic heterocycles. The molecule has 0 fully saturated rings. The zero-order valence-electron chi connectivity index (χ0n) is 20.8. The van der Waals surface area contributed by atoms with Gasteiger partial charge < -0.3 is 24.3 Å². The minimum Gasteiger partial charge on any atom is -0.493 e. The molecule has 0 bridgehead atoms. The van der Waals surface area contributed by atoms with Gasteiger partial charge >= 0.3 is 5.97 Å². The van der Waals surface area contributed by atoms with Crippen LogP contribution in [0.1, 0.15) is 28.5 Å². The predicted molar refractivity (Wildman–Crippen MR) is 135 cm³/mol. The number of methoxy groups -OCH3 is 3. The number of nitriles is 1. The van der Waals surface area contributed by atoms with Crippen LogP contribution in [0.4, 0.5) is 0 Å². The lowest BCUT2D eigenvalue weighted by Crippen LogP contribution is -2.32. The van der Waals surface area contributed by atoms with Crippen LogP contribution in [0.5, 0.6) is 17.2 Å². The summed E-state index contributed by atoms with van der Waals surface area (Å²) in [5.74, 6) is 0.00462. The summed E-state index contributed by atoms with van der Waals surface area (Å²) in [6.07, 6.45) is 0.324. The molecule has 1 heterocycles. The van der Waals surface area contributed by atoms with Crippen LogP contribution >= 0.6 is 11.8 Å². The summed E-state index contributed by atoms with van der Waals surface area (Å²) in [4.78, 5) is 34.2. The van der Waals surface area contributed by atoms with Crippen LogP contribution in [0, 0.1) is 18.3 Å². The number of carbonyl (C=O) groups excluding carboxylic acids is 2. The third-order valence-corrected chi connectivity index (χ3v) is 5.92. The van der Waals surface area contributed by atoms with E-state index in [4.69, 9.17) is 18.9 Å². The molecule has 11 heteroatoms. The van der Waals surface area contributed by atoms with E-state index < -0.39 is 18.0 Å². The van der Waals surface area contributed by atoms with Crippen molar-refractivity contribution >= 4 is 23.6 Å². The quantitative estimate of drug-likeness (QED) is 0.227. The van der Waals surface area contributed by atoms with Gasteiger partial charge in [0.1, 0.15) is 0 Å². The summed E-state index contributed by atoms with van der Waals surface area (Å²) in [7, 11) is 4.49. The molecule has 10 nitrogen and oxygen atoms in total. The first-order valence-electron chi connectivity index (χ1n) is 11.1. The number of esters is 1. The molecule has 3 rings (SSSR count). The first-order valence-corrected chi connectivity index (χ1v) is 12.1. The Hall–Kier alpha value is -4.30. The van der Waals surface area contributed by atoms with Crippen molar-refractivity contribution in [2.45, 2.75) is 24.7 Å². The number of nitrogens with one attached hydrogen (secondary N) is 1. The van der Waals surface area contributed by atoms with Crippen LogP contribution in [0.3, 0.4) is 0 Å². The number of aromatic nitrogens is 2. The fourth-order valence-electron chi connectivity index (χ4n) is 3.35. The van der Waals surface area contributed by atoms with Gasteiger partial charge in [0.2, 0.25) is 11.9 Å². The second kappa shape index (κ2) is 13.1. The van der Waals surface area contributed by atoms with Crippen LogP contribution in [0.15, 0.2) is 53.8 Å². The highest BCUT2D eigenvalue weighted by Gasteiger charge is 2.26. The van der Waals surface area contributed by atoms with Crippen molar-refractivity contribution < 1.29 is 28.5 Å². The van der Waals surface area contributed by atoms with E-state index in [0.29, 0.717) is 39.1 Å². The van der Waals surface area contributed by atoms with E-state index in [-0.39, 0.29) is 12.3 Å². The molecule has 1 N–H and O–H groups in total. The van der Waals surface area contributed by atoms with E-state index in [2.05, 4.69) is 15.3 Å². The molecule has 0 radical (unpaired) electrons. The van der Waals surface area contributed by atoms with E-state index in [0.717, 1.165) is 17.5 Å². The van der Waals surface area contributed by atoms with Crippen molar-refractivity contribution in [3.63, 3.8) is 0 Å². The number of benzene rings is 2. The minimum absolute atomic E-state index is 0.0907. The highest BCUT2D eigenvalue weighted by molar-refractivity contribution is 7.99. The number of amides is 1.